The van der Waals surface area contributed by atoms with Crippen molar-refractivity contribution in [1.29, 1.82) is 0 Å². The molecule has 110 valence electrons. The van der Waals surface area contributed by atoms with E-state index < -0.39 is 27.4 Å². The van der Waals surface area contributed by atoms with Crippen molar-refractivity contribution in [2.24, 2.45) is 0 Å². The molecular weight excluding hydrogens is 290 g/mol. The van der Waals surface area contributed by atoms with E-state index in [9.17, 15) is 22.0 Å². The number of sulfone groups is 1. The number of nitrogens with one attached hydrogen (secondary N) is 1. The molecule has 0 aromatic heterocycles. The van der Waals surface area contributed by atoms with Gasteiger partial charge in [-0.2, -0.15) is 0 Å². The molecule has 0 unspecified atom stereocenters. The summed E-state index contributed by atoms with van der Waals surface area (Å²) >= 11 is 0. The number of amides is 1. The van der Waals surface area contributed by atoms with E-state index in [0.717, 1.165) is 18.2 Å². The standard InChI is InChI=1S/C12H14F2N2O3S/c13-9-1-2-10(14)11(7-9)15-12(17)8-16-3-5-20(18,19)6-4-16/h1-2,7H,3-6,8H2,(H,15,17). The number of benzene rings is 1. The van der Waals surface area contributed by atoms with Gasteiger partial charge in [0, 0.05) is 19.2 Å². The van der Waals surface area contributed by atoms with Crippen molar-refractivity contribution in [3.8, 4) is 0 Å². The summed E-state index contributed by atoms with van der Waals surface area (Å²) in [6.07, 6.45) is 0. The summed E-state index contributed by atoms with van der Waals surface area (Å²) in [6, 6.07) is 2.78. The summed E-state index contributed by atoms with van der Waals surface area (Å²) in [5.74, 6) is -1.86. The molecule has 0 saturated carbocycles. The zero-order valence-electron chi connectivity index (χ0n) is 10.6. The maximum absolute atomic E-state index is 13.3. The van der Waals surface area contributed by atoms with E-state index >= 15 is 0 Å². The smallest absolute Gasteiger partial charge is 0.238 e. The Balaban J connectivity index is 1.91. The highest BCUT2D eigenvalue weighted by Crippen LogP contribution is 2.15. The molecule has 0 atom stereocenters. The summed E-state index contributed by atoms with van der Waals surface area (Å²) in [5, 5.41) is 2.27. The zero-order valence-corrected chi connectivity index (χ0v) is 11.4. The number of nitrogens with zero attached hydrogens (tertiary/aromatic N) is 1. The van der Waals surface area contributed by atoms with E-state index in [1.165, 1.54) is 0 Å². The van der Waals surface area contributed by atoms with E-state index in [0.29, 0.717) is 0 Å². The van der Waals surface area contributed by atoms with Gasteiger partial charge in [0.05, 0.1) is 23.7 Å². The van der Waals surface area contributed by atoms with Crippen molar-refractivity contribution in [1.82, 2.24) is 4.90 Å². The fourth-order valence-electron chi connectivity index (χ4n) is 1.89. The molecule has 1 saturated heterocycles. The van der Waals surface area contributed by atoms with Crippen molar-refractivity contribution in [3.63, 3.8) is 0 Å². The monoisotopic (exact) mass is 304 g/mol. The van der Waals surface area contributed by atoms with Crippen LogP contribution in [0, 0.1) is 11.6 Å². The third-order valence-electron chi connectivity index (χ3n) is 3.01. The highest BCUT2D eigenvalue weighted by molar-refractivity contribution is 7.91. The van der Waals surface area contributed by atoms with Gasteiger partial charge in [-0.25, -0.2) is 17.2 Å². The molecule has 1 aromatic carbocycles. The number of carbonyl (C=O) groups is 1. The fourth-order valence-corrected chi connectivity index (χ4v) is 3.17. The first kappa shape index (κ1) is 14.9. The van der Waals surface area contributed by atoms with Crippen LogP contribution in [0.1, 0.15) is 0 Å². The van der Waals surface area contributed by atoms with Crippen LogP contribution in [0.15, 0.2) is 18.2 Å². The van der Waals surface area contributed by atoms with Gasteiger partial charge in [-0.15, -0.1) is 0 Å². The van der Waals surface area contributed by atoms with Crippen LogP contribution in [0.3, 0.4) is 0 Å². The van der Waals surface area contributed by atoms with Gasteiger partial charge in [0.25, 0.3) is 0 Å². The second-order valence-electron chi connectivity index (χ2n) is 4.60. The zero-order chi connectivity index (χ0) is 14.8. The number of hydrogen-bond acceptors (Lipinski definition) is 4. The minimum absolute atomic E-state index is 0.00854. The van der Waals surface area contributed by atoms with Crippen LogP contribution in [-0.2, 0) is 14.6 Å². The van der Waals surface area contributed by atoms with Crippen LogP contribution in [0.4, 0.5) is 14.5 Å². The minimum atomic E-state index is -3.01. The normalized spacial score (nSPS) is 18.7. The fraction of sp³-hybridized carbons (Fsp3) is 0.417. The van der Waals surface area contributed by atoms with E-state index in [-0.39, 0.29) is 36.8 Å². The molecule has 1 fully saturated rings. The first-order valence-corrected chi connectivity index (χ1v) is 7.85. The lowest BCUT2D eigenvalue weighted by Crippen LogP contribution is -2.43. The van der Waals surface area contributed by atoms with E-state index in [1.54, 1.807) is 4.90 Å². The average molecular weight is 304 g/mol. The van der Waals surface area contributed by atoms with Gasteiger partial charge in [0.1, 0.15) is 11.6 Å². The molecule has 1 amide bonds. The van der Waals surface area contributed by atoms with Crippen LogP contribution < -0.4 is 5.32 Å². The molecule has 1 N–H and O–H groups in total. The van der Waals surface area contributed by atoms with Crippen LogP contribution in [0.5, 0.6) is 0 Å². The van der Waals surface area contributed by atoms with E-state index in [2.05, 4.69) is 5.32 Å². The quantitative estimate of drug-likeness (QED) is 0.889. The summed E-state index contributed by atoms with van der Waals surface area (Å²) < 4.78 is 48.8. The molecular formula is C12H14F2N2O3S. The molecule has 1 aliphatic rings. The van der Waals surface area contributed by atoms with Crippen molar-refractivity contribution < 1.29 is 22.0 Å². The topological polar surface area (TPSA) is 66.5 Å². The molecule has 0 spiro atoms. The first-order valence-electron chi connectivity index (χ1n) is 6.03. The van der Waals surface area contributed by atoms with Crippen molar-refractivity contribution in [2.75, 3.05) is 36.5 Å². The van der Waals surface area contributed by atoms with Gasteiger partial charge in [-0.05, 0) is 12.1 Å². The highest BCUT2D eigenvalue weighted by atomic mass is 32.2. The van der Waals surface area contributed by atoms with E-state index in [4.69, 9.17) is 0 Å². The van der Waals surface area contributed by atoms with Crippen LogP contribution in [-0.4, -0.2) is 50.4 Å². The van der Waals surface area contributed by atoms with Crippen molar-refractivity contribution in [3.05, 3.63) is 29.8 Å². The van der Waals surface area contributed by atoms with Gasteiger partial charge >= 0.3 is 0 Å². The molecule has 1 aromatic rings. The van der Waals surface area contributed by atoms with Crippen LogP contribution in [0.25, 0.3) is 0 Å². The number of rotatable bonds is 3. The lowest BCUT2D eigenvalue weighted by Gasteiger charge is -2.25. The third-order valence-corrected chi connectivity index (χ3v) is 4.62. The Morgan fingerprint density at radius 3 is 2.55 bits per heavy atom. The molecule has 2 rings (SSSR count). The van der Waals surface area contributed by atoms with Crippen LogP contribution in [0.2, 0.25) is 0 Å². The number of hydrogen-bond donors (Lipinski definition) is 1. The number of anilines is 1. The SMILES string of the molecule is O=C(CN1CCS(=O)(=O)CC1)Nc1cc(F)ccc1F. The van der Waals surface area contributed by atoms with E-state index in [1.807, 2.05) is 0 Å². The minimum Gasteiger partial charge on any atom is -0.322 e. The first-order chi connectivity index (χ1) is 9.35. The van der Waals surface area contributed by atoms with Gasteiger partial charge in [-0.1, -0.05) is 0 Å². The molecule has 0 aliphatic carbocycles. The summed E-state index contributed by atoms with van der Waals surface area (Å²) in [6.45, 7) is 0.480. The predicted octanol–water partition coefficient (Wildman–Crippen LogP) is 0.634. The molecule has 20 heavy (non-hydrogen) atoms. The Bertz CT molecular complexity index is 605. The summed E-state index contributed by atoms with van der Waals surface area (Å²) in [5.41, 5.74) is -0.223. The van der Waals surface area contributed by atoms with Gasteiger partial charge < -0.3 is 5.32 Å². The lowest BCUT2D eigenvalue weighted by molar-refractivity contribution is -0.117. The highest BCUT2D eigenvalue weighted by Gasteiger charge is 2.23. The molecule has 1 aliphatic heterocycles. The lowest BCUT2D eigenvalue weighted by atomic mass is 10.3. The Hall–Kier alpha value is -1.54. The van der Waals surface area contributed by atoms with Gasteiger partial charge in [0.15, 0.2) is 9.84 Å². The summed E-state index contributed by atoms with van der Waals surface area (Å²) in [7, 11) is -3.01. The van der Waals surface area contributed by atoms with Crippen molar-refractivity contribution >= 4 is 21.4 Å². The second-order valence-corrected chi connectivity index (χ2v) is 6.90. The maximum atomic E-state index is 13.3. The maximum Gasteiger partial charge on any atom is 0.238 e. The van der Waals surface area contributed by atoms with Gasteiger partial charge in [0.2, 0.25) is 5.91 Å². The number of halogens is 2. The predicted molar refractivity (Wildman–Crippen MR) is 70.1 cm³/mol. The molecule has 5 nitrogen and oxygen atoms in total. The Morgan fingerprint density at radius 1 is 1.25 bits per heavy atom. The average Bonchev–Trinajstić information content (AvgIpc) is 2.36. The largest absolute Gasteiger partial charge is 0.322 e. The molecule has 8 heteroatoms. The summed E-state index contributed by atoms with van der Waals surface area (Å²) in [4.78, 5) is 13.4. The van der Waals surface area contributed by atoms with Crippen molar-refractivity contribution in [2.45, 2.75) is 0 Å². The molecule has 0 radical (unpaired) electrons. The number of carbonyl (C=O) groups excluding carboxylic acids is 1. The van der Waals surface area contributed by atoms with Gasteiger partial charge in [-0.3, -0.25) is 9.69 Å². The Kier molecular flexibility index (Phi) is 4.34. The Morgan fingerprint density at radius 2 is 1.90 bits per heavy atom. The molecule has 0 bridgehead atoms. The third kappa shape index (κ3) is 3.97. The Labute approximate surface area is 115 Å². The molecule has 1 heterocycles. The second kappa shape index (κ2) is 5.84. The van der Waals surface area contributed by atoms with Crippen LogP contribution >= 0.6 is 0 Å².